The summed E-state index contributed by atoms with van der Waals surface area (Å²) in [7, 11) is 1.57. The van der Waals surface area contributed by atoms with Crippen LogP contribution >= 0.6 is 11.6 Å². The van der Waals surface area contributed by atoms with Gasteiger partial charge in [0.15, 0.2) is 0 Å². The smallest absolute Gasteiger partial charge is 0.229 e. The van der Waals surface area contributed by atoms with Gasteiger partial charge in [-0.2, -0.15) is 0 Å². The van der Waals surface area contributed by atoms with Crippen LogP contribution in [-0.4, -0.2) is 25.5 Å². The van der Waals surface area contributed by atoms with Gasteiger partial charge in [-0.25, -0.2) is 0 Å². The second-order valence-electron chi connectivity index (χ2n) is 6.06. The van der Waals surface area contributed by atoms with E-state index in [0.29, 0.717) is 23.0 Å². The van der Waals surface area contributed by atoms with Gasteiger partial charge in [0.05, 0.1) is 13.0 Å². The number of aryl methyl sites for hydroxylation is 1. The first kappa shape index (κ1) is 17.3. The zero-order valence-electron chi connectivity index (χ0n) is 14.1. The van der Waals surface area contributed by atoms with Crippen molar-refractivity contribution in [3.05, 3.63) is 53.1 Å². The Labute approximate surface area is 151 Å². The third-order valence-corrected chi connectivity index (χ3v) is 4.71. The Hall–Kier alpha value is -2.53. The maximum absolute atomic E-state index is 12.5. The minimum atomic E-state index is -0.404. The molecule has 1 saturated heterocycles. The monoisotopic (exact) mass is 358 g/mol. The van der Waals surface area contributed by atoms with E-state index in [2.05, 4.69) is 5.32 Å². The number of hydrogen-bond acceptors (Lipinski definition) is 3. The van der Waals surface area contributed by atoms with E-state index in [1.165, 1.54) is 0 Å². The largest absolute Gasteiger partial charge is 0.497 e. The van der Waals surface area contributed by atoms with Crippen LogP contribution in [0.1, 0.15) is 12.0 Å². The second-order valence-corrected chi connectivity index (χ2v) is 6.47. The lowest BCUT2D eigenvalue weighted by atomic mass is 10.1. The molecule has 0 aliphatic carbocycles. The minimum absolute atomic E-state index is 0.0780. The van der Waals surface area contributed by atoms with E-state index in [0.717, 1.165) is 11.3 Å². The van der Waals surface area contributed by atoms with E-state index < -0.39 is 5.92 Å². The molecule has 0 spiro atoms. The van der Waals surface area contributed by atoms with Crippen molar-refractivity contribution in [1.82, 2.24) is 0 Å². The molecule has 2 aromatic carbocycles. The number of carbonyl (C=O) groups excluding carboxylic acids is 2. The van der Waals surface area contributed by atoms with Gasteiger partial charge in [-0.3, -0.25) is 9.59 Å². The summed E-state index contributed by atoms with van der Waals surface area (Å²) in [6.45, 7) is 2.25. The molecule has 2 amide bonds. The van der Waals surface area contributed by atoms with E-state index in [4.69, 9.17) is 16.3 Å². The summed E-state index contributed by atoms with van der Waals surface area (Å²) in [6, 6.07) is 12.6. The summed E-state index contributed by atoms with van der Waals surface area (Å²) in [5.41, 5.74) is 2.32. The average Bonchev–Trinajstić information content (AvgIpc) is 2.99. The fraction of sp³-hybridized carbons (Fsp3) is 0.263. The van der Waals surface area contributed by atoms with Gasteiger partial charge in [-0.05, 0) is 36.8 Å². The number of halogens is 1. The van der Waals surface area contributed by atoms with Gasteiger partial charge in [-0.15, -0.1) is 0 Å². The lowest BCUT2D eigenvalue weighted by Gasteiger charge is -2.17. The van der Waals surface area contributed by atoms with Crippen molar-refractivity contribution >= 4 is 34.8 Å². The molecular weight excluding hydrogens is 340 g/mol. The van der Waals surface area contributed by atoms with Gasteiger partial charge in [0, 0.05) is 35.4 Å². The van der Waals surface area contributed by atoms with Crippen LogP contribution in [0.2, 0.25) is 5.02 Å². The average molecular weight is 359 g/mol. The molecule has 0 bridgehead atoms. The minimum Gasteiger partial charge on any atom is -0.497 e. The van der Waals surface area contributed by atoms with Crippen LogP contribution in [0.3, 0.4) is 0 Å². The number of nitrogens with zero attached hydrogens (tertiary/aromatic N) is 1. The molecule has 0 saturated carbocycles. The SMILES string of the molecule is COc1cccc(NC(=O)[C@H]2CC(=O)N(c3ccc(C)c(Cl)c3)C2)c1. The molecule has 1 atom stereocenters. The van der Waals surface area contributed by atoms with E-state index >= 15 is 0 Å². The number of amides is 2. The Morgan fingerprint density at radius 1 is 1.28 bits per heavy atom. The Bertz CT molecular complexity index is 822. The van der Waals surface area contributed by atoms with Crippen molar-refractivity contribution < 1.29 is 14.3 Å². The molecule has 0 radical (unpaired) electrons. The maximum atomic E-state index is 12.5. The first-order valence-corrected chi connectivity index (χ1v) is 8.37. The Morgan fingerprint density at radius 2 is 2.08 bits per heavy atom. The molecule has 6 heteroatoms. The predicted molar refractivity (Wildman–Crippen MR) is 98.3 cm³/mol. The molecule has 25 heavy (non-hydrogen) atoms. The summed E-state index contributed by atoms with van der Waals surface area (Å²) in [5.74, 6) is 0.00280. The van der Waals surface area contributed by atoms with Gasteiger partial charge in [0.25, 0.3) is 0 Å². The lowest BCUT2D eigenvalue weighted by Crippen LogP contribution is -2.28. The van der Waals surface area contributed by atoms with Crippen LogP contribution in [0.25, 0.3) is 0 Å². The number of hydrogen-bond donors (Lipinski definition) is 1. The number of methoxy groups -OCH3 is 1. The van der Waals surface area contributed by atoms with Crippen LogP contribution in [0.5, 0.6) is 5.75 Å². The number of carbonyl (C=O) groups is 2. The molecule has 130 valence electrons. The Morgan fingerprint density at radius 3 is 2.80 bits per heavy atom. The van der Waals surface area contributed by atoms with Crippen molar-refractivity contribution in [1.29, 1.82) is 0 Å². The number of ether oxygens (including phenoxy) is 1. The number of anilines is 2. The molecule has 0 unspecified atom stereocenters. The molecule has 1 aliphatic heterocycles. The van der Waals surface area contributed by atoms with Crippen molar-refractivity contribution in [2.24, 2.45) is 5.92 Å². The number of benzene rings is 2. The van der Waals surface area contributed by atoms with E-state index in [1.54, 1.807) is 42.3 Å². The molecule has 1 fully saturated rings. The topological polar surface area (TPSA) is 58.6 Å². The van der Waals surface area contributed by atoms with Crippen molar-refractivity contribution in [3.63, 3.8) is 0 Å². The summed E-state index contributed by atoms with van der Waals surface area (Å²) < 4.78 is 5.15. The lowest BCUT2D eigenvalue weighted by molar-refractivity contribution is -0.122. The highest BCUT2D eigenvalue weighted by molar-refractivity contribution is 6.31. The maximum Gasteiger partial charge on any atom is 0.229 e. The molecule has 1 aliphatic rings. The first-order chi connectivity index (χ1) is 12.0. The van der Waals surface area contributed by atoms with Gasteiger partial charge in [0.2, 0.25) is 11.8 Å². The fourth-order valence-electron chi connectivity index (χ4n) is 2.83. The van der Waals surface area contributed by atoms with Crippen LogP contribution < -0.4 is 15.0 Å². The highest BCUT2D eigenvalue weighted by Gasteiger charge is 2.35. The molecule has 1 N–H and O–H groups in total. The van der Waals surface area contributed by atoms with Crippen molar-refractivity contribution in [2.45, 2.75) is 13.3 Å². The quantitative estimate of drug-likeness (QED) is 0.907. The summed E-state index contributed by atoms with van der Waals surface area (Å²) in [5, 5.41) is 3.45. The Kier molecular flexibility index (Phi) is 4.95. The fourth-order valence-corrected chi connectivity index (χ4v) is 3.00. The predicted octanol–water partition coefficient (Wildman–Crippen LogP) is 3.65. The molecular formula is C19H19ClN2O3. The normalized spacial score (nSPS) is 16.8. The van der Waals surface area contributed by atoms with Gasteiger partial charge >= 0.3 is 0 Å². The molecule has 5 nitrogen and oxygen atoms in total. The highest BCUT2D eigenvalue weighted by Crippen LogP contribution is 2.29. The molecule has 0 aromatic heterocycles. The van der Waals surface area contributed by atoms with E-state index in [-0.39, 0.29) is 18.2 Å². The van der Waals surface area contributed by atoms with Gasteiger partial charge in [-0.1, -0.05) is 23.7 Å². The number of rotatable bonds is 4. The third-order valence-electron chi connectivity index (χ3n) is 4.30. The first-order valence-electron chi connectivity index (χ1n) is 7.99. The van der Waals surface area contributed by atoms with E-state index in [1.807, 2.05) is 19.1 Å². The molecule has 3 rings (SSSR count). The van der Waals surface area contributed by atoms with Crippen molar-refractivity contribution in [2.75, 3.05) is 23.9 Å². The van der Waals surface area contributed by atoms with Crippen LogP contribution in [0, 0.1) is 12.8 Å². The van der Waals surface area contributed by atoms with Crippen LogP contribution in [-0.2, 0) is 9.59 Å². The molecule has 2 aromatic rings. The zero-order valence-corrected chi connectivity index (χ0v) is 14.8. The third kappa shape index (κ3) is 3.77. The van der Waals surface area contributed by atoms with Crippen LogP contribution in [0.4, 0.5) is 11.4 Å². The zero-order chi connectivity index (χ0) is 18.0. The van der Waals surface area contributed by atoms with Gasteiger partial charge in [0.1, 0.15) is 5.75 Å². The van der Waals surface area contributed by atoms with E-state index in [9.17, 15) is 9.59 Å². The molecule has 1 heterocycles. The summed E-state index contributed by atoms with van der Waals surface area (Å²) in [4.78, 5) is 26.4. The second kappa shape index (κ2) is 7.15. The number of nitrogens with one attached hydrogen (secondary N) is 1. The van der Waals surface area contributed by atoms with Gasteiger partial charge < -0.3 is 15.0 Å². The standard InChI is InChI=1S/C19H19ClN2O3/c1-12-6-7-15(10-17(12)20)22-11-13(8-18(22)23)19(24)21-14-4-3-5-16(9-14)25-2/h3-7,9-10,13H,8,11H2,1-2H3,(H,21,24)/t13-/m0/s1. The van der Waals surface area contributed by atoms with Crippen molar-refractivity contribution in [3.8, 4) is 5.75 Å². The highest BCUT2D eigenvalue weighted by atomic mass is 35.5. The Balaban J connectivity index is 1.70. The van der Waals surface area contributed by atoms with Crippen LogP contribution in [0.15, 0.2) is 42.5 Å². The summed E-state index contributed by atoms with van der Waals surface area (Å²) in [6.07, 6.45) is 0.182. The summed E-state index contributed by atoms with van der Waals surface area (Å²) >= 11 is 6.15.